The molecule has 3 aromatic rings. The molecule has 0 saturated carbocycles. The number of rotatable bonds is 3. The lowest BCUT2D eigenvalue weighted by atomic mass is 10.2. The molecule has 5 heteroatoms. The molecule has 20 heavy (non-hydrogen) atoms. The van der Waals surface area contributed by atoms with Gasteiger partial charge in [0.2, 0.25) is 0 Å². The van der Waals surface area contributed by atoms with Gasteiger partial charge in [-0.2, -0.15) is 0 Å². The van der Waals surface area contributed by atoms with Crippen LogP contribution in [0, 0.1) is 0 Å². The molecule has 1 aromatic heterocycles. The predicted molar refractivity (Wildman–Crippen MR) is 74.0 cm³/mol. The Balaban J connectivity index is 1.90. The Morgan fingerprint density at radius 3 is 2.25 bits per heavy atom. The number of aliphatic hydroxyl groups is 2. The highest BCUT2D eigenvalue weighted by Crippen LogP contribution is 2.18. The fourth-order valence-electron chi connectivity index (χ4n) is 1.93. The normalized spacial score (nSPS) is 10.9. The number of aliphatic hydroxyl groups excluding tert-OH is 1. The summed E-state index contributed by atoms with van der Waals surface area (Å²) in [5.41, 5.74) is 3.04. The summed E-state index contributed by atoms with van der Waals surface area (Å²) in [5, 5.41) is 26.3. The van der Waals surface area contributed by atoms with Gasteiger partial charge in [0.25, 0.3) is 0 Å². The molecule has 0 saturated heterocycles. The Hall–Kier alpha value is -2.50. The summed E-state index contributed by atoms with van der Waals surface area (Å²) in [6.07, 6.45) is 0.374. The molecular formula is C15H13N3O2. The molecular weight excluding hydrogens is 254 g/mol. The van der Waals surface area contributed by atoms with E-state index in [4.69, 9.17) is 10.2 Å². The topological polar surface area (TPSA) is 71.2 Å². The van der Waals surface area contributed by atoms with E-state index in [2.05, 4.69) is 10.3 Å². The molecule has 0 aliphatic heterocycles. The average Bonchev–Trinajstić information content (AvgIpc) is 2.98. The SMILES string of the molecule is OC(O)c1ccc(-n2cc(-c3ccccc3)nn2)cc1. The monoisotopic (exact) mass is 267 g/mol. The second-order valence-corrected chi connectivity index (χ2v) is 4.38. The molecule has 0 aliphatic carbocycles. The van der Waals surface area contributed by atoms with Crippen molar-refractivity contribution in [3.63, 3.8) is 0 Å². The second kappa shape index (κ2) is 5.24. The van der Waals surface area contributed by atoms with Gasteiger partial charge >= 0.3 is 0 Å². The molecule has 0 atom stereocenters. The minimum absolute atomic E-state index is 0.442. The number of nitrogens with zero attached hydrogens (tertiary/aromatic N) is 3. The summed E-state index contributed by atoms with van der Waals surface area (Å²) in [6, 6.07) is 16.6. The molecule has 100 valence electrons. The Morgan fingerprint density at radius 2 is 1.60 bits per heavy atom. The van der Waals surface area contributed by atoms with Gasteiger partial charge in [-0.25, -0.2) is 4.68 Å². The Kier molecular flexibility index (Phi) is 3.28. The molecule has 0 aliphatic rings. The molecule has 5 nitrogen and oxygen atoms in total. The van der Waals surface area contributed by atoms with E-state index in [0.29, 0.717) is 5.56 Å². The van der Waals surface area contributed by atoms with Gasteiger partial charge < -0.3 is 10.2 Å². The number of benzene rings is 2. The van der Waals surface area contributed by atoms with E-state index in [1.165, 1.54) is 0 Å². The first kappa shape index (κ1) is 12.5. The van der Waals surface area contributed by atoms with Gasteiger partial charge in [0.1, 0.15) is 5.69 Å². The van der Waals surface area contributed by atoms with Gasteiger partial charge in [-0.05, 0) is 12.1 Å². The third kappa shape index (κ3) is 2.45. The summed E-state index contributed by atoms with van der Waals surface area (Å²) in [4.78, 5) is 0. The zero-order valence-corrected chi connectivity index (χ0v) is 10.6. The predicted octanol–water partition coefficient (Wildman–Crippen LogP) is 1.92. The first-order valence-electron chi connectivity index (χ1n) is 6.18. The Labute approximate surface area is 115 Å². The van der Waals surface area contributed by atoms with E-state index >= 15 is 0 Å². The summed E-state index contributed by atoms with van der Waals surface area (Å²) < 4.78 is 1.65. The highest BCUT2D eigenvalue weighted by molar-refractivity contribution is 5.57. The van der Waals surface area contributed by atoms with Gasteiger partial charge in [0.05, 0.1) is 11.9 Å². The van der Waals surface area contributed by atoms with Crippen LogP contribution >= 0.6 is 0 Å². The molecule has 0 spiro atoms. The molecule has 2 N–H and O–H groups in total. The minimum Gasteiger partial charge on any atom is -0.364 e. The van der Waals surface area contributed by atoms with Crippen molar-refractivity contribution < 1.29 is 10.2 Å². The highest BCUT2D eigenvalue weighted by atomic mass is 16.5. The lowest BCUT2D eigenvalue weighted by molar-refractivity contribution is -0.0424. The first-order valence-corrected chi connectivity index (χ1v) is 6.18. The lowest BCUT2D eigenvalue weighted by Crippen LogP contribution is -1.98. The van der Waals surface area contributed by atoms with Crippen molar-refractivity contribution in [2.24, 2.45) is 0 Å². The van der Waals surface area contributed by atoms with Crippen LogP contribution in [0.2, 0.25) is 0 Å². The van der Waals surface area contributed by atoms with Gasteiger partial charge in [0.15, 0.2) is 6.29 Å². The summed E-state index contributed by atoms with van der Waals surface area (Å²) in [7, 11) is 0. The van der Waals surface area contributed by atoms with Gasteiger partial charge in [-0.15, -0.1) is 5.10 Å². The number of hydrogen-bond acceptors (Lipinski definition) is 4. The Bertz CT molecular complexity index is 691. The van der Waals surface area contributed by atoms with Crippen molar-refractivity contribution in [3.8, 4) is 16.9 Å². The average molecular weight is 267 g/mol. The fourth-order valence-corrected chi connectivity index (χ4v) is 1.93. The van der Waals surface area contributed by atoms with Crippen molar-refractivity contribution in [2.45, 2.75) is 6.29 Å². The third-order valence-corrected chi connectivity index (χ3v) is 3.02. The smallest absolute Gasteiger partial charge is 0.178 e. The molecule has 0 unspecified atom stereocenters. The van der Waals surface area contributed by atoms with Crippen LogP contribution in [0.25, 0.3) is 16.9 Å². The summed E-state index contributed by atoms with van der Waals surface area (Å²) in [5.74, 6) is 0. The van der Waals surface area contributed by atoms with Gasteiger partial charge in [-0.3, -0.25) is 0 Å². The van der Waals surface area contributed by atoms with Crippen LogP contribution in [0.1, 0.15) is 11.9 Å². The third-order valence-electron chi connectivity index (χ3n) is 3.02. The standard InChI is InChI=1S/C15H13N3O2/c19-15(20)12-6-8-13(9-7-12)18-10-14(16-17-18)11-4-2-1-3-5-11/h1-10,15,19-20H. The molecule has 1 heterocycles. The van der Waals surface area contributed by atoms with E-state index in [-0.39, 0.29) is 0 Å². The zero-order chi connectivity index (χ0) is 13.9. The van der Waals surface area contributed by atoms with E-state index in [9.17, 15) is 0 Å². The van der Waals surface area contributed by atoms with E-state index < -0.39 is 6.29 Å². The van der Waals surface area contributed by atoms with Gasteiger partial charge in [0, 0.05) is 11.1 Å². The second-order valence-electron chi connectivity index (χ2n) is 4.38. The first-order chi connectivity index (χ1) is 9.74. The van der Waals surface area contributed by atoms with E-state index in [1.54, 1.807) is 28.9 Å². The maximum Gasteiger partial charge on any atom is 0.178 e. The summed E-state index contributed by atoms with van der Waals surface area (Å²) >= 11 is 0. The van der Waals surface area contributed by atoms with Crippen LogP contribution < -0.4 is 0 Å². The van der Waals surface area contributed by atoms with Crippen LogP contribution in [0.5, 0.6) is 0 Å². The van der Waals surface area contributed by atoms with Crippen molar-refractivity contribution in [3.05, 3.63) is 66.4 Å². The largest absolute Gasteiger partial charge is 0.364 e. The molecule has 3 rings (SSSR count). The van der Waals surface area contributed by atoms with Crippen LogP contribution in [0.4, 0.5) is 0 Å². The van der Waals surface area contributed by atoms with Gasteiger partial charge in [-0.1, -0.05) is 47.7 Å². The van der Waals surface area contributed by atoms with Crippen molar-refractivity contribution >= 4 is 0 Å². The zero-order valence-electron chi connectivity index (χ0n) is 10.6. The quantitative estimate of drug-likeness (QED) is 0.711. The maximum atomic E-state index is 9.06. The minimum atomic E-state index is -1.46. The van der Waals surface area contributed by atoms with Crippen LogP contribution in [0.15, 0.2) is 60.8 Å². The van der Waals surface area contributed by atoms with Crippen LogP contribution in [-0.2, 0) is 0 Å². The Morgan fingerprint density at radius 1 is 0.900 bits per heavy atom. The van der Waals surface area contributed by atoms with E-state index in [1.807, 2.05) is 36.5 Å². The fraction of sp³-hybridized carbons (Fsp3) is 0.0667. The highest BCUT2D eigenvalue weighted by Gasteiger charge is 2.06. The molecule has 0 radical (unpaired) electrons. The van der Waals surface area contributed by atoms with Crippen LogP contribution in [-0.4, -0.2) is 25.2 Å². The van der Waals surface area contributed by atoms with E-state index in [0.717, 1.165) is 16.9 Å². The molecule has 2 aromatic carbocycles. The van der Waals surface area contributed by atoms with Crippen molar-refractivity contribution in [1.82, 2.24) is 15.0 Å². The molecule has 0 bridgehead atoms. The number of hydrogen-bond donors (Lipinski definition) is 2. The maximum absolute atomic E-state index is 9.06. The summed E-state index contributed by atoms with van der Waals surface area (Å²) in [6.45, 7) is 0. The number of aromatic nitrogens is 3. The van der Waals surface area contributed by atoms with Crippen molar-refractivity contribution in [1.29, 1.82) is 0 Å². The lowest BCUT2D eigenvalue weighted by Gasteiger charge is -2.04. The molecule has 0 amide bonds. The molecule has 0 fully saturated rings. The van der Waals surface area contributed by atoms with Crippen LogP contribution in [0.3, 0.4) is 0 Å². The van der Waals surface area contributed by atoms with Crippen molar-refractivity contribution in [2.75, 3.05) is 0 Å².